The van der Waals surface area contributed by atoms with Crippen LogP contribution in [-0.2, 0) is 0 Å². The van der Waals surface area contributed by atoms with E-state index in [0.29, 0.717) is 11.0 Å². The van der Waals surface area contributed by atoms with Crippen LogP contribution in [0.5, 0.6) is 5.75 Å². The van der Waals surface area contributed by atoms with E-state index in [0.717, 1.165) is 28.0 Å². The molecule has 5 heteroatoms. The summed E-state index contributed by atoms with van der Waals surface area (Å²) in [5.74, 6) is -0.226. The van der Waals surface area contributed by atoms with Crippen LogP contribution in [0.15, 0.2) is 72.3 Å². The van der Waals surface area contributed by atoms with Crippen molar-refractivity contribution >= 4 is 31.7 Å². The van der Waals surface area contributed by atoms with Gasteiger partial charge in [0.25, 0.3) is 5.91 Å². The van der Waals surface area contributed by atoms with E-state index in [4.69, 9.17) is 4.74 Å². The van der Waals surface area contributed by atoms with Crippen LogP contribution < -0.4 is 15.4 Å². The third kappa shape index (κ3) is 4.55. The van der Waals surface area contributed by atoms with Crippen molar-refractivity contribution in [3.63, 3.8) is 0 Å². The first-order valence-electron chi connectivity index (χ1n) is 9.19. The molecule has 3 nitrogen and oxygen atoms in total. The summed E-state index contributed by atoms with van der Waals surface area (Å²) in [5, 5.41) is 3.28. The molecule has 148 valence electrons. The van der Waals surface area contributed by atoms with E-state index >= 15 is 0 Å². The lowest BCUT2D eigenvalue weighted by molar-refractivity contribution is 0.102. The second-order valence-corrected chi connectivity index (χ2v) is 7.43. The number of allylic oxidation sites excluding steroid dienone is 1. The van der Waals surface area contributed by atoms with Gasteiger partial charge in [-0.25, -0.2) is 4.39 Å². The molecule has 1 atom stereocenters. The number of hydrogen-bond donors (Lipinski definition) is 1. The van der Waals surface area contributed by atoms with E-state index in [-0.39, 0.29) is 5.56 Å². The maximum absolute atomic E-state index is 14.0. The number of carbonyl (C=O) groups excluding carboxylic acids is 1. The molecule has 0 radical (unpaired) electrons. The van der Waals surface area contributed by atoms with Crippen LogP contribution in [0.4, 0.5) is 10.1 Å². The minimum atomic E-state index is -0.547. The van der Waals surface area contributed by atoms with Gasteiger partial charge in [-0.2, -0.15) is 0 Å². The van der Waals surface area contributed by atoms with Gasteiger partial charge in [-0.15, -0.1) is 9.24 Å². The third-order valence-electron chi connectivity index (χ3n) is 4.58. The summed E-state index contributed by atoms with van der Waals surface area (Å²) in [7, 11) is 4.04. The normalized spacial score (nSPS) is 10.4. The molecule has 1 amide bonds. The van der Waals surface area contributed by atoms with Crippen molar-refractivity contribution in [2.24, 2.45) is 0 Å². The fourth-order valence-corrected chi connectivity index (χ4v) is 3.64. The first-order chi connectivity index (χ1) is 13.9. The highest BCUT2D eigenvalue weighted by Gasteiger charge is 2.16. The van der Waals surface area contributed by atoms with Crippen LogP contribution in [0.2, 0.25) is 0 Å². The molecule has 0 bridgehead atoms. The second kappa shape index (κ2) is 9.02. The molecule has 3 aromatic carbocycles. The standard InChI is InChI=1S/C24H23FNO2P/c1-15(2)22(18-7-4-5-9-20(18)28-3)16-11-13-17(14-12-16)26-24(27)23-19(25)8-6-10-21(23)29/h4-14H,29H2,1-3H3,(H,26,27). The molecule has 0 spiro atoms. The van der Waals surface area contributed by atoms with E-state index in [1.54, 1.807) is 19.2 Å². The van der Waals surface area contributed by atoms with Crippen molar-refractivity contribution in [3.05, 3.63) is 94.8 Å². The first-order valence-corrected chi connectivity index (χ1v) is 9.76. The Morgan fingerprint density at radius 1 is 0.966 bits per heavy atom. The van der Waals surface area contributed by atoms with Crippen LogP contribution >= 0.6 is 9.24 Å². The highest BCUT2D eigenvalue weighted by atomic mass is 31.0. The summed E-state index contributed by atoms with van der Waals surface area (Å²) >= 11 is 0. The molecule has 3 aromatic rings. The Morgan fingerprint density at radius 3 is 2.28 bits per heavy atom. The van der Waals surface area contributed by atoms with Gasteiger partial charge < -0.3 is 10.1 Å². The lowest BCUT2D eigenvalue weighted by Crippen LogP contribution is -2.20. The highest BCUT2D eigenvalue weighted by Crippen LogP contribution is 2.33. The molecule has 3 rings (SSSR count). The molecule has 0 saturated heterocycles. The van der Waals surface area contributed by atoms with Gasteiger partial charge in [-0.3, -0.25) is 4.79 Å². The highest BCUT2D eigenvalue weighted by molar-refractivity contribution is 7.27. The maximum Gasteiger partial charge on any atom is 0.259 e. The van der Waals surface area contributed by atoms with Crippen molar-refractivity contribution in [3.8, 4) is 5.75 Å². The Kier molecular flexibility index (Phi) is 6.46. The number of anilines is 1. The number of nitrogens with one attached hydrogen (secondary N) is 1. The Hall–Kier alpha value is -2.97. The summed E-state index contributed by atoms with van der Waals surface area (Å²) in [6.45, 7) is 4.10. The molecular formula is C24H23FNO2P. The summed E-state index contributed by atoms with van der Waals surface area (Å²) in [6, 6.07) is 19.9. The predicted molar refractivity (Wildman–Crippen MR) is 121 cm³/mol. The van der Waals surface area contributed by atoms with Crippen molar-refractivity contribution in [2.75, 3.05) is 12.4 Å². The summed E-state index contributed by atoms with van der Waals surface area (Å²) in [5.41, 5.74) is 4.85. The molecule has 0 fully saturated rings. The summed E-state index contributed by atoms with van der Waals surface area (Å²) in [6.07, 6.45) is 0. The largest absolute Gasteiger partial charge is 0.496 e. The molecule has 1 N–H and O–H groups in total. The lowest BCUT2D eigenvalue weighted by Gasteiger charge is -2.15. The SMILES string of the molecule is COc1ccccc1C(=C(C)C)c1ccc(NC(=O)c2c(F)cccc2P)cc1. The van der Waals surface area contributed by atoms with E-state index < -0.39 is 11.7 Å². The number of carbonyl (C=O) groups is 1. The average molecular weight is 407 g/mol. The van der Waals surface area contributed by atoms with Gasteiger partial charge in [0.1, 0.15) is 11.6 Å². The monoisotopic (exact) mass is 407 g/mol. The Morgan fingerprint density at radius 2 is 1.66 bits per heavy atom. The van der Waals surface area contributed by atoms with Crippen LogP contribution in [0.3, 0.4) is 0 Å². The maximum atomic E-state index is 14.0. The average Bonchev–Trinajstić information content (AvgIpc) is 2.69. The molecule has 0 saturated carbocycles. The number of halogens is 1. The lowest BCUT2D eigenvalue weighted by atomic mass is 9.93. The molecule has 0 aromatic heterocycles. The van der Waals surface area contributed by atoms with Gasteiger partial charge in [0.05, 0.1) is 12.7 Å². The zero-order valence-electron chi connectivity index (χ0n) is 16.6. The number of benzene rings is 3. The summed E-state index contributed by atoms with van der Waals surface area (Å²) < 4.78 is 19.5. The van der Waals surface area contributed by atoms with Gasteiger partial charge in [0.2, 0.25) is 0 Å². The summed E-state index contributed by atoms with van der Waals surface area (Å²) in [4.78, 5) is 12.5. The molecule has 0 aliphatic rings. The van der Waals surface area contributed by atoms with E-state index in [1.807, 2.05) is 48.5 Å². The Balaban J connectivity index is 1.89. The van der Waals surface area contributed by atoms with Crippen molar-refractivity contribution in [1.29, 1.82) is 0 Å². The third-order valence-corrected chi connectivity index (χ3v) is 5.06. The first kappa shape index (κ1) is 20.8. The Labute approximate surface area is 172 Å². The van der Waals surface area contributed by atoms with Gasteiger partial charge >= 0.3 is 0 Å². The molecule has 29 heavy (non-hydrogen) atoms. The minimum absolute atomic E-state index is 0.0283. The van der Waals surface area contributed by atoms with Gasteiger partial charge in [0.15, 0.2) is 0 Å². The number of rotatable bonds is 5. The van der Waals surface area contributed by atoms with Crippen LogP contribution in [0.25, 0.3) is 5.57 Å². The zero-order valence-corrected chi connectivity index (χ0v) is 17.8. The van der Waals surface area contributed by atoms with Gasteiger partial charge in [-0.05, 0) is 54.6 Å². The van der Waals surface area contributed by atoms with Crippen molar-refractivity contribution in [2.45, 2.75) is 13.8 Å². The van der Waals surface area contributed by atoms with Gasteiger partial charge in [0, 0.05) is 11.3 Å². The minimum Gasteiger partial charge on any atom is -0.496 e. The number of para-hydroxylation sites is 1. The number of hydrogen-bond acceptors (Lipinski definition) is 2. The molecular weight excluding hydrogens is 384 g/mol. The van der Waals surface area contributed by atoms with E-state index in [2.05, 4.69) is 28.4 Å². The van der Waals surface area contributed by atoms with Crippen LogP contribution in [-0.4, -0.2) is 13.0 Å². The van der Waals surface area contributed by atoms with E-state index in [1.165, 1.54) is 6.07 Å². The zero-order chi connectivity index (χ0) is 21.0. The van der Waals surface area contributed by atoms with Crippen molar-refractivity contribution < 1.29 is 13.9 Å². The topological polar surface area (TPSA) is 38.3 Å². The van der Waals surface area contributed by atoms with Crippen LogP contribution in [0.1, 0.15) is 35.3 Å². The number of ether oxygens (including phenoxy) is 1. The smallest absolute Gasteiger partial charge is 0.259 e. The molecule has 0 aliphatic carbocycles. The van der Waals surface area contributed by atoms with Gasteiger partial charge in [-0.1, -0.05) is 48.0 Å². The molecule has 1 unspecified atom stereocenters. The fourth-order valence-electron chi connectivity index (χ4n) is 3.26. The predicted octanol–water partition coefficient (Wildman–Crippen LogP) is 5.43. The number of amides is 1. The van der Waals surface area contributed by atoms with E-state index in [9.17, 15) is 9.18 Å². The second-order valence-electron chi connectivity index (χ2n) is 6.81. The number of methoxy groups -OCH3 is 1. The quantitative estimate of drug-likeness (QED) is 0.573. The molecule has 0 aliphatic heterocycles. The molecule has 0 heterocycles. The van der Waals surface area contributed by atoms with Crippen LogP contribution in [0, 0.1) is 5.82 Å². The Bertz CT molecular complexity index is 1050. The van der Waals surface area contributed by atoms with Crippen molar-refractivity contribution in [1.82, 2.24) is 0 Å². The fraction of sp³-hybridized carbons (Fsp3) is 0.125.